The topological polar surface area (TPSA) is 65.3 Å². The van der Waals surface area contributed by atoms with Crippen LogP contribution in [0, 0.1) is 17.0 Å². The molecule has 98 valence electrons. The number of nitrogens with zero attached hydrogens (tertiary/aromatic N) is 2. The van der Waals surface area contributed by atoms with Crippen LogP contribution in [0.15, 0.2) is 34.9 Å². The van der Waals surface area contributed by atoms with Crippen LogP contribution in [0.4, 0.5) is 5.69 Å². The fourth-order valence-corrected chi connectivity index (χ4v) is 2.02. The van der Waals surface area contributed by atoms with Crippen molar-refractivity contribution in [2.75, 3.05) is 0 Å². The molecular weight excluding hydrogens is 336 g/mol. The third-order valence-electron chi connectivity index (χ3n) is 2.33. The van der Waals surface area contributed by atoms with E-state index in [1.54, 1.807) is 6.20 Å². The molecule has 7 heteroatoms. The summed E-state index contributed by atoms with van der Waals surface area (Å²) in [7, 11) is 0. The summed E-state index contributed by atoms with van der Waals surface area (Å²) in [6.45, 7) is 1.82. The maximum atomic E-state index is 10.7. The van der Waals surface area contributed by atoms with Crippen molar-refractivity contribution >= 4 is 33.2 Å². The highest BCUT2D eigenvalue weighted by Gasteiger charge is 2.13. The quantitative estimate of drug-likeness (QED) is 0.607. The molecule has 0 amide bonds. The summed E-state index contributed by atoms with van der Waals surface area (Å²) in [5.74, 6) is 0.555. The maximum Gasteiger partial charge on any atom is 0.273 e. The van der Waals surface area contributed by atoms with Crippen molar-refractivity contribution in [3.05, 3.63) is 55.6 Å². The Morgan fingerprint density at radius 1 is 1.42 bits per heavy atom. The second-order valence-electron chi connectivity index (χ2n) is 3.75. The van der Waals surface area contributed by atoms with E-state index in [2.05, 4.69) is 20.9 Å². The zero-order chi connectivity index (χ0) is 14.0. The first-order valence-electron chi connectivity index (χ1n) is 5.21. The highest BCUT2D eigenvalue weighted by atomic mass is 79.9. The van der Waals surface area contributed by atoms with Crippen molar-refractivity contribution in [2.45, 2.75) is 6.92 Å². The molecule has 1 aromatic carbocycles. The second kappa shape index (κ2) is 5.54. The van der Waals surface area contributed by atoms with Crippen molar-refractivity contribution in [2.24, 2.45) is 0 Å². The number of aryl methyl sites for hydroxylation is 1. The molecular formula is C12H8BrClN2O3. The minimum absolute atomic E-state index is 0.0887. The normalized spacial score (nSPS) is 10.3. The molecule has 0 aliphatic heterocycles. The van der Waals surface area contributed by atoms with Gasteiger partial charge in [-0.25, -0.2) is 4.98 Å². The molecule has 5 nitrogen and oxygen atoms in total. The fourth-order valence-electron chi connectivity index (χ4n) is 1.42. The van der Waals surface area contributed by atoms with Crippen molar-refractivity contribution < 1.29 is 9.66 Å². The van der Waals surface area contributed by atoms with Gasteiger partial charge in [0.25, 0.3) is 5.69 Å². The Morgan fingerprint density at radius 2 is 2.16 bits per heavy atom. The van der Waals surface area contributed by atoms with Gasteiger partial charge >= 0.3 is 0 Å². The van der Waals surface area contributed by atoms with Crippen LogP contribution in [0.1, 0.15) is 5.56 Å². The standard InChI is InChI=1S/C12H8BrClN2O3/c1-7-4-8(13)6-15-12(7)19-11-5-9(16(17)18)2-3-10(11)14/h2-6H,1H3. The number of hydrogen-bond acceptors (Lipinski definition) is 4. The lowest BCUT2D eigenvalue weighted by molar-refractivity contribution is -0.384. The zero-order valence-electron chi connectivity index (χ0n) is 9.76. The molecule has 0 N–H and O–H groups in total. The van der Waals surface area contributed by atoms with Crippen LogP contribution in [0.3, 0.4) is 0 Å². The van der Waals surface area contributed by atoms with E-state index in [1.165, 1.54) is 18.2 Å². The minimum Gasteiger partial charge on any atom is -0.437 e. The van der Waals surface area contributed by atoms with Crippen LogP contribution < -0.4 is 4.74 Å². The van der Waals surface area contributed by atoms with E-state index < -0.39 is 4.92 Å². The van der Waals surface area contributed by atoms with Gasteiger partial charge in [-0.3, -0.25) is 10.1 Å². The van der Waals surface area contributed by atoms with Crippen molar-refractivity contribution in [3.8, 4) is 11.6 Å². The molecule has 0 radical (unpaired) electrons. The summed E-state index contributed by atoms with van der Waals surface area (Å²) in [6.07, 6.45) is 1.58. The van der Waals surface area contributed by atoms with Gasteiger partial charge in [0.1, 0.15) is 0 Å². The second-order valence-corrected chi connectivity index (χ2v) is 5.07. The van der Waals surface area contributed by atoms with E-state index in [1.807, 2.05) is 13.0 Å². The van der Waals surface area contributed by atoms with E-state index in [0.717, 1.165) is 10.0 Å². The molecule has 0 saturated carbocycles. The maximum absolute atomic E-state index is 10.7. The molecule has 0 aliphatic rings. The Morgan fingerprint density at radius 3 is 2.79 bits per heavy atom. The molecule has 0 atom stereocenters. The summed E-state index contributed by atoms with van der Waals surface area (Å²) in [6, 6.07) is 5.83. The van der Waals surface area contributed by atoms with Crippen LogP contribution in [0.5, 0.6) is 11.6 Å². The molecule has 0 fully saturated rings. The minimum atomic E-state index is -0.509. The summed E-state index contributed by atoms with van der Waals surface area (Å²) >= 11 is 9.24. The molecule has 0 bridgehead atoms. The summed E-state index contributed by atoms with van der Waals surface area (Å²) in [5.41, 5.74) is 0.700. The van der Waals surface area contributed by atoms with Crippen molar-refractivity contribution in [1.29, 1.82) is 0 Å². The molecule has 1 aromatic heterocycles. The van der Waals surface area contributed by atoms with Gasteiger partial charge in [0.2, 0.25) is 5.88 Å². The Bertz CT molecular complexity index is 649. The largest absolute Gasteiger partial charge is 0.437 e. The summed E-state index contributed by atoms with van der Waals surface area (Å²) in [5, 5.41) is 11.0. The average Bonchev–Trinajstić information content (AvgIpc) is 2.34. The van der Waals surface area contributed by atoms with Crippen molar-refractivity contribution in [1.82, 2.24) is 4.98 Å². The third kappa shape index (κ3) is 3.21. The van der Waals surface area contributed by atoms with Crippen molar-refractivity contribution in [3.63, 3.8) is 0 Å². The summed E-state index contributed by atoms with van der Waals surface area (Å²) in [4.78, 5) is 14.3. The van der Waals surface area contributed by atoms with Crippen LogP contribution >= 0.6 is 27.5 Å². The van der Waals surface area contributed by atoms with Gasteiger partial charge in [-0.1, -0.05) is 11.6 Å². The number of pyridine rings is 1. The zero-order valence-corrected chi connectivity index (χ0v) is 12.1. The molecule has 2 rings (SSSR count). The van der Waals surface area contributed by atoms with Gasteiger partial charge in [0.15, 0.2) is 5.75 Å². The number of nitro groups is 1. The van der Waals surface area contributed by atoms with Gasteiger partial charge < -0.3 is 4.74 Å². The number of nitro benzene ring substituents is 1. The van der Waals surface area contributed by atoms with Crippen LogP contribution in [-0.4, -0.2) is 9.91 Å². The Labute approximate surface area is 122 Å². The van der Waals surface area contributed by atoms with E-state index >= 15 is 0 Å². The van der Waals surface area contributed by atoms with Crippen LogP contribution in [0.25, 0.3) is 0 Å². The smallest absolute Gasteiger partial charge is 0.273 e. The lowest BCUT2D eigenvalue weighted by Crippen LogP contribution is -1.94. The Balaban J connectivity index is 2.37. The number of ether oxygens (including phenoxy) is 1. The number of hydrogen-bond donors (Lipinski definition) is 0. The molecule has 0 aliphatic carbocycles. The van der Waals surface area contributed by atoms with E-state index in [0.29, 0.717) is 5.88 Å². The van der Waals surface area contributed by atoms with E-state index in [4.69, 9.17) is 16.3 Å². The van der Waals surface area contributed by atoms with Crippen LogP contribution in [-0.2, 0) is 0 Å². The SMILES string of the molecule is Cc1cc(Br)cnc1Oc1cc([N+](=O)[O-])ccc1Cl. The Kier molecular flexibility index (Phi) is 4.01. The first-order valence-corrected chi connectivity index (χ1v) is 6.38. The van der Waals surface area contributed by atoms with E-state index in [9.17, 15) is 10.1 Å². The average molecular weight is 344 g/mol. The number of aromatic nitrogens is 1. The number of benzene rings is 1. The number of halogens is 2. The highest BCUT2D eigenvalue weighted by Crippen LogP contribution is 2.33. The summed E-state index contributed by atoms with van der Waals surface area (Å²) < 4.78 is 6.34. The molecule has 19 heavy (non-hydrogen) atoms. The molecule has 0 saturated heterocycles. The fraction of sp³-hybridized carbons (Fsp3) is 0.0833. The lowest BCUT2D eigenvalue weighted by Gasteiger charge is -2.08. The van der Waals surface area contributed by atoms with Gasteiger partial charge in [-0.2, -0.15) is 0 Å². The first kappa shape index (κ1) is 13.8. The van der Waals surface area contributed by atoms with Gasteiger partial charge in [0, 0.05) is 22.3 Å². The molecule has 2 aromatic rings. The van der Waals surface area contributed by atoms with Crippen LogP contribution in [0.2, 0.25) is 5.02 Å². The Hall–Kier alpha value is -1.66. The molecule has 1 heterocycles. The van der Waals surface area contributed by atoms with Gasteiger partial charge in [-0.05, 0) is 35.0 Å². The van der Waals surface area contributed by atoms with Gasteiger partial charge in [-0.15, -0.1) is 0 Å². The number of rotatable bonds is 3. The predicted molar refractivity (Wildman–Crippen MR) is 74.9 cm³/mol. The third-order valence-corrected chi connectivity index (χ3v) is 3.08. The molecule has 0 unspecified atom stereocenters. The monoisotopic (exact) mass is 342 g/mol. The lowest BCUT2D eigenvalue weighted by atomic mass is 10.3. The number of non-ortho nitro benzene ring substituents is 1. The highest BCUT2D eigenvalue weighted by molar-refractivity contribution is 9.10. The van der Waals surface area contributed by atoms with E-state index in [-0.39, 0.29) is 16.5 Å². The first-order chi connectivity index (χ1) is 8.97. The predicted octanol–water partition coefficient (Wildman–Crippen LogP) is 4.51. The van der Waals surface area contributed by atoms with Gasteiger partial charge in [0.05, 0.1) is 16.0 Å². The molecule has 0 spiro atoms.